The SMILES string of the molecule is CC1(N)CCCCC1C(=O)Nc1ccc(-n2ccnc2)c(F)c1. The van der Waals surface area contributed by atoms with Crippen molar-refractivity contribution in [3.05, 3.63) is 42.7 Å². The van der Waals surface area contributed by atoms with Crippen LogP contribution in [0.5, 0.6) is 0 Å². The summed E-state index contributed by atoms with van der Waals surface area (Å²) in [5, 5.41) is 2.80. The summed E-state index contributed by atoms with van der Waals surface area (Å²) in [5.74, 6) is -0.794. The monoisotopic (exact) mass is 316 g/mol. The highest BCUT2D eigenvalue weighted by Crippen LogP contribution is 2.32. The van der Waals surface area contributed by atoms with Crippen LogP contribution in [0, 0.1) is 11.7 Å². The molecule has 3 N–H and O–H groups in total. The minimum atomic E-state index is -0.502. The number of nitrogens with zero attached hydrogens (tertiary/aromatic N) is 2. The van der Waals surface area contributed by atoms with E-state index >= 15 is 0 Å². The molecule has 1 aromatic heterocycles. The smallest absolute Gasteiger partial charge is 0.229 e. The number of imidazole rings is 1. The molecular weight excluding hydrogens is 295 g/mol. The first kappa shape index (κ1) is 15.7. The molecule has 3 rings (SSSR count). The molecule has 2 atom stereocenters. The molecule has 2 unspecified atom stereocenters. The van der Waals surface area contributed by atoms with Crippen molar-refractivity contribution in [2.45, 2.75) is 38.1 Å². The molecule has 1 saturated carbocycles. The highest BCUT2D eigenvalue weighted by Gasteiger charge is 2.37. The minimum absolute atomic E-state index is 0.135. The van der Waals surface area contributed by atoms with E-state index in [1.54, 1.807) is 29.1 Å². The van der Waals surface area contributed by atoms with Gasteiger partial charge in [-0.05, 0) is 38.0 Å². The number of rotatable bonds is 3. The maximum atomic E-state index is 14.2. The van der Waals surface area contributed by atoms with Gasteiger partial charge in [-0.3, -0.25) is 4.79 Å². The van der Waals surface area contributed by atoms with E-state index in [9.17, 15) is 9.18 Å². The van der Waals surface area contributed by atoms with Crippen LogP contribution in [-0.2, 0) is 4.79 Å². The lowest BCUT2D eigenvalue weighted by atomic mass is 9.74. The van der Waals surface area contributed by atoms with Crippen LogP contribution in [0.3, 0.4) is 0 Å². The molecule has 6 heteroatoms. The number of carbonyl (C=O) groups excluding carboxylic acids is 1. The third-order valence-electron chi connectivity index (χ3n) is 4.57. The van der Waals surface area contributed by atoms with Crippen LogP contribution in [0.1, 0.15) is 32.6 Å². The maximum absolute atomic E-state index is 14.2. The fourth-order valence-corrected chi connectivity index (χ4v) is 3.21. The van der Waals surface area contributed by atoms with Crippen LogP contribution < -0.4 is 11.1 Å². The van der Waals surface area contributed by atoms with E-state index in [0.29, 0.717) is 11.4 Å². The van der Waals surface area contributed by atoms with E-state index in [-0.39, 0.29) is 11.8 Å². The van der Waals surface area contributed by atoms with Crippen LogP contribution in [-0.4, -0.2) is 21.0 Å². The summed E-state index contributed by atoms with van der Waals surface area (Å²) in [6.07, 6.45) is 8.43. The summed E-state index contributed by atoms with van der Waals surface area (Å²) in [6, 6.07) is 4.63. The van der Waals surface area contributed by atoms with Crippen molar-refractivity contribution in [2.24, 2.45) is 11.7 Å². The van der Waals surface area contributed by atoms with Crippen LogP contribution in [0.2, 0.25) is 0 Å². The van der Waals surface area contributed by atoms with E-state index < -0.39 is 11.4 Å². The van der Waals surface area contributed by atoms with Gasteiger partial charge in [-0.2, -0.15) is 0 Å². The van der Waals surface area contributed by atoms with E-state index in [0.717, 1.165) is 25.7 Å². The highest BCUT2D eigenvalue weighted by atomic mass is 19.1. The first-order valence-corrected chi connectivity index (χ1v) is 7.85. The van der Waals surface area contributed by atoms with Gasteiger partial charge in [-0.15, -0.1) is 0 Å². The predicted octanol–water partition coefficient (Wildman–Crippen LogP) is 2.86. The standard InChI is InChI=1S/C17H21FN4O/c1-17(19)7-3-2-4-13(17)16(23)21-12-5-6-15(14(18)10-12)22-9-8-20-11-22/h5-6,8-11,13H,2-4,7,19H2,1H3,(H,21,23). The fraction of sp³-hybridized carbons (Fsp3) is 0.412. The lowest BCUT2D eigenvalue weighted by Gasteiger charge is -2.37. The first-order chi connectivity index (χ1) is 11.0. The van der Waals surface area contributed by atoms with Gasteiger partial charge in [0.25, 0.3) is 0 Å². The molecule has 2 aromatic rings. The van der Waals surface area contributed by atoms with Crippen LogP contribution in [0.25, 0.3) is 5.69 Å². The molecule has 0 saturated heterocycles. The molecule has 0 aliphatic heterocycles. The van der Waals surface area contributed by atoms with Crippen molar-refractivity contribution < 1.29 is 9.18 Å². The molecule has 1 aliphatic rings. The third-order valence-corrected chi connectivity index (χ3v) is 4.57. The van der Waals surface area contributed by atoms with Gasteiger partial charge >= 0.3 is 0 Å². The number of nitrogens with one attached hydrogen (secondary N) is 1. The van der Waals surface area contributed by atoms with Crippen molar-refractivity contribution in [1.82, 2.24) is 9.55 Å². The average molecular weight is 316 g/mol. The van der Waals surface area contributed by atoms with E-state index in [1.807, 2.05) is 6.92 Å². The second kappa shape index (κ2) is 6.12. The number of aromatic nitrogens is 2. The fourth-order valence-electron chi connectivity index (χ4n) is 3.21. The van der Waals surface area contributed by atoms with Crippen LogP contribution >= 0.6 is 0 Å². The largest absolute Gasteiger partial charge is 0.326 e. The number of hydrogen-bond acceptors (Lipinski definition) is 3. The molecule has 5 nitrogen and oxygen atoms in total. The number of nitrogens with two attached hydrogens (primary N) is 1. The van der Waals surface area contributed by atoms with Crippen molar-refractivity contribution >= 4 is 11.6 Å². The Hall–Kier alpha value is -2.21. The summed E-state index contributed by atoms with van der Waals surface area (Å²) in [4.78, 5) is 16.4. The van der Waals surface area contributed by atoms with Crippen molar-refractivity contribution in [2.75, 3.05) is 5.32 Å². The van der Waals surface area contributed by atoms with E-state index in [1.165, 1.54) is 12.4 Å². The molecule has 0 spiro atoms. The molecular formula is C17H21FN4O. The highest BCUT2D eigenvalue weighted by molar-refractivity contribution is 5.93. The van der Waals surface area contributed by atoms with Crippen molar-refractivity contribution in [3.8, 4) is 5.69 Å². The molecule has 23 heavy (non-hydrogen) atoms. The summed E-state index contributed by atoms with van der Waals surface area (Å²) in [5.41, 5.74) is 6.58. The number of carbonyl (C=O) groups is 1. The Labute approximate surface area is 134 Å². The van der Waals surface area contributed by atoms with Gasteiger partial charge in [0.05, 0.1) is 17.9 Å². The lowest BCUT2D eigenvalue weighted by molar-refractivity contribution is -0.122. The normalized spacial score (nSPS) is 24.4. The quantitative estimate of drug-likeness (QED) is 0.914. The number of anilines is 1. The molecule has 1 aliphatic carbocycles. The van der Waals surface area contributed by atoms with Crippen molar-refractivity contribution in [3.63, 3.8) is 0 Å². The summed E-state index contributed by atoms with van der Waals surface area (Å²) >= 11 is 0. The zero-order chi connectivity index (χ0) is 16.4. The lowest BCUT2D eigenvalue weighted by Crippen LogP contribution is -2.51. The minimum Gasteiger partial charge on any atom is -0.326 e. The Morgan fingerprint density at radius 3 is 2.96 bits per heavy atom. The molecule has 1 fully saturated rings. The van der Waals surface area contributed by atoms with Gasteiger partial charge < -0.3 is 15.6 Å². The number of amides is 1. The van der Waals surface area contributed by atoms with E-state index in [4.69, 9.17) is 5.73 Å². The number of benzene rings is 1. The van der Waals surface area contributed by atoms with Gasteiger partial charge in [0.1, 0.15) is 5.82 Å². The second-order valence-corrected chi connectivity index (χ2v) is 6.43. The van der Waals surface area contributed by atoms with Gasteiger partial charge in [-0.1, -0.05) is 12.8 Å². The molecule has 1 heterocycles. The summed E-state index contributed by atoms with van der Waals surface area (Å²) in [7, 11) is 0. The second-order valence-electron chi connectivity index (χ2n) is 6.43. The summed E-state index contributed by atoms with van der Waals surface area (Å²) in [6.45, 7) is 1.92. The first-order valence-electron chi connectivity index (χ1n) is 7.85. The Morgan fingerprint density at radius 1 is 1.48 bits per heavy atom. The Morgan fingerprint density at radius 2 is 2.30 bits per heavy atom. The number of hydrogen-bond donors (Lipinski definition) is 2. The molecule has 1 aromatic carbocycles. The van der Waals surface area contributed by atoms with E-state index in [2.05, 4.69) is 10.3 Å². The maximum Gasteiger partial charge on any atom is 0.229 e. The summed E-state index contributed by atoms with van der Waals surface area (Å²) < 4.78 is 15.8. The topological polar surface area (TPSA) is 72.9 Å². The predicted molar refractivity (Wildman–Crippen MR) is 86.7 cm³/mol. The van der Waals surface area contributed by atoms with Gasteiger partial charge in [-0.25, -0.2) is 9.37 Å². The van der Waals surface area contributed by atoms with Gasteiger partial charge in [0.2, 0.25) is 5.91 Å². The zero-order valence-electron chi connectivity index (χ0n) is 13.1. The van der Waals surface area contributed by atoms with Crippen LogP contribution in [0.4, 0.5) is 10.1 Å². The molecule has 0 radical (unpaired) electrons. The Kier molecular flexibility index (Phi) is 4.17. The Balaban J connectivity index is 1.75. The van der Waals surface area contributed by atoms with Gasteiger partial charge in [0, 0.05) is 23.6 Å². The van der Waals surface area contributed by atoms with Gasteiger partial charge in [0.15, 0.2) is 0 Å². The average Bonchev–Trinajstić information content (AvgIpc) is 3.00. The number of halogens is 1. The molecule has 122 valence electrons. The van der Waals surface area contributed by atoms with Crippen molar-refractivity contribution in [1.29, 1.82) is 0 Å². The zero-order valence-corrected chi connectivity index (χ0v) is 13.1. The third kappa shape index (κ3) is 3.27. The molecule has 0 bridgehead atoms. The Bertz CT molecular complexity index is 697. The molecule has 1 amide bonds. The van der Waals surface area contributed by atoms with Crippen LogP contribution in [0.15, 0.2) is 36.9 Å².